The third-order valence-corrected chi connectivity index (χ3v) is 4.14. The molecule has 0 amide bonds. The van der Waals surface area contributed by atoms with E-state index in [-0.39, 0.29) is 5.97 Å². The lowest BCUT2D eigenvalue weighted by Crippen LogP contribution is -2.10. The summed E-state index contributed by atoms with van der Waals surface area (Å²) in [4.78, 5) is 16.1. The number of benzene rings is 1. The van der Waals surface area contributed by atoms with Gasteiger partial charge in [0.15, 0.2) is 0 Å². The summed E-state index contributed by atoms with van der Waals surface area (Å²) < 4.78 is 7.03. The predicted octanol–water partition coefficient (Wildman–Crippen LogP) is 2.91. The van der Waals surface area contributed by atoms with Crippen LogP contribution in [-0.2, 0) is 24.1 Å². The van der Waals surface area contributed by atoms with Gasteiger partial charge in [-0.25, -0.2) is 9.78 Å². The number of carbonyl (C=O) groups excluding carboxylic acids is 1. The summed E-state index contributed by atoms with van der Waals surface area (Å²) in [5, 5.41) is 0. The molecule has 1 aliphatic carbocycles. The Morgan fingerprint density at radius 2 is 1.95 bits per heavy atom. The van der Waals surface area contributed by atoms with Gasteiger partial charge in [-0.2, -0.15) is 0 Å². The Hall–Kier alpha value is -2.10. The smallest absolute Gasteiger partial charge is 0.337 e. The van der Waals surface area contributed by atoms with E-state index in [1.165, 1.54) is 36.9 Å². The Balaban J connectivity index is 1.84. The molecule has 0 unspecified atom stereocenters. The molecule has 4 nitrogen and oxygen atoms in total. The van der Waals surface area contributed by atoms with Gasteiger partial charge in [-0.15, -0.1) is 0 Å². The number of nitrogens with zero attached hydrogens (tertiary/aromatic N) is 2. The van der Waals surface area contributed by atoms with Gasteiger partial charge in [0.1, 0.15) is 5.82 Å². The summed E-state index contributed by atoms with van der Waals surface area (Å²) in [7, 11) is 1.40. The summed E-state index contributed by atoms with van der Waals surface area (Å²) >= 11 is 0. The van der Waals surface area contributed by atoms with E-state index in [9.17, 15) is 4.79 Å². The van der Waals surface area contributed by atoms with Crippen LogP contribution in [-0.4, -0.2) is 22.6 Å². The van der Waals surface area contributed by atoms with Crippen LogP contribution in [0.25, 0.3) is 0 Å². The van der Waals surface area contributed by atoms with E-state index in [1.54, 1.807) is 0 Å². The van der Waals surface area contributed by atoms with Crippen molar-refractivity contribution in [3.05, 3.63) is 52.6 Å². The molecule has 0 N–H and O–H groups in total. The van der Waals surface area contributed by atoms with Crippen LogP contribution in [0.4, 0.5) is 0 Å². The molecule has 0 spiro atoms. The molecule has 2 aromatic rings. The molecular formula is C17H20N2O2. The van der Waals surface area contributed by atoms with Gasteiger partial charge in [-0.1, -0.05) is 12.1 Å². The molecule has 0 saturated carbocycles. The van der Waals surface area contributed by atoms with Gasteiger partial charge >= 0.3 is 5.97 Å². The lowest BCUT2D eigenvalue weighted by Gasteiger charge is -2.15. The maximum absolute atomic E-state index is 11.4. The van der Waals surface area contributed by atoms with Crippen LogP contribution in [0.2, 0.25) is 0 Å². The molecule has 1 heterocycles. The standard InChI is InChI=1S/C17H20N2O2/c1-12-18-15-5-3-4-6-16(15)19(12)11-13-7-9-14(10-8-13)17(20)21-2/h7-10H,3-6,11H2,1-2H3. The molecular weight excluding hydrogens is 264 g/mol. The van der Waals surface area contributed by atoms with Gasteiger partial charge in [0.2, 0.25) is 0 Å². The zero-order valence-corrected chi connectivity index (χ0v) is 12.6. The molecule has 21 heavy (non-hydrogen) atoms. The first-order valence-electron chi connectivity index (χ1n) is 7.41. The molecule has 0 radical (unpaired) electrons. The number of imidazole rings is 1. The first-order chi connectivity index (χ1) is 10.2. The van der Waals surface area contributed by atoms with Crippen molar-refractivity contribution >= 4 is 5.97 Å². The van der Waals surface area contributed by atoms with E-state index in [0.29, 0.717) is 5.56 Å². The van der Waals surface area contributed by atoms with Crippen molar-refractivity contribution in [2.24, 2.45) is 0 Å². The van der Waals surface area contributed by atoms with E-state index >= 15 is 0 Å². The van der Waals surface area contributed by atoms with Crippen molar-refractivity contribution in [1.29, 1.82) is 0 Å². The highest BCUT2D eigenvalue weighted by molar-refractivity contribution is 5.89. The van der Waals surface area contributed by atoms with Crippen molar-refractivity contribution in [2.75, 3.05) is 7.11 Å². The highest BCUT2D eigenvalue weighted by Gasteiger charge is 2.18. The monoisotopic (exact) mass is 284 g/mol. The zero-order chi connectivity index (χ0) is 14.8. The fourth-order valence-corrected chi connectivity index (χ4v) is 2.99. The molecule has 110 valence electrons. The number of esters is 1. The van der Waals surface area contributed by atoms with Gasteiger partial charge in [0.25, 0.3) is 0 Å². The second-order valence-corrected chi connectivity index (χ2v) is 5.53. The molecule has 0 bridgehead atoms. The van der Waals surface area contributed by atoms with Crippen molar-refractivity contribution in [3.63, 3.8) is 0 Å². The lowest BCUT2D eigenvalue weighted by molar-refractivity contribution is 0.0600. The minimum Gasteiger partial charge on any atom is -0.465 e. The Morgan fingerprint density at radius 3 is 2.67 bits per heavy atom. The van der Waals surface area contributed by atoms with Gasteiger partial charge in [-0.05, 0) is 50.3 Å². The first-order valence-corrected chi connectivity index (χ1v) is 7.41. The Morgan fingerprint density at radius 1 is 1.24 bits per heavy atom. The minimum absolute atomic E-state index is 0.294. The van der Waals surface area contributed by atoms with Crippen LogP contribution in [0.1, 0.15) is 46.0 Å². The highest BCUT2D eigenvalue weighted by Crippen LogP contribution is 2.23. The SMILES string of the molecule is COC(=O)c1ccc(Cn2c(C)nc3c2CCCC3)cc1. The number of ether oxygens (including phenoxy) is 1. The van der Waals surface area contributed by atoms with E-state index in [1.807, 2.05) is 24.3 Å². The van der Waals surface area contributed by atoms with Crippen LogP contribution >= 0.6 is 0 Å². The number of hydrogen-bond donors (Lipinski definition) is 0. The Kier molecular flexibility index (Phi) is 3.78. The van der Waals surface area contributed by atoms with E-state index < -0.39 is 0 Å². The fraction of sp³-hybridized carbons (Fsp3) is 0.412. The normalized spacial score (nSPS) is 13.8. The van der Waals surface area contributed by atoms with Crippen molar-refractivity contribution in [2.45, 2.75) is 39.2 Å². The minimum atomic E-state index is -0.294. The van der Waals surface area contributed by atoms with Gasteiger partial charge in [0, 0.05) is 12.2 Å². The lowest BCUT2D eigenvalue weighted by atomic mass is 10.0. The number of fused-ring (bicyclic) bond motifs is 1. The summed E-state index contributed by atoms with van der Waals surface area (Å²) in [5.41, 5.74) is 4.42. The van der Waals surface area contributed by atoms with Crippen LogP contribution in [0, 0.1) is 6.92 Å². The Labute approximate surface area is 124 Å². The summed E-state index contributed by atoms with van der Waals surface area (Å²) in [6.45, 7) is 2.89. The number of methoxy groups -OCH3 is 1. The van der Waals surface area contributed by atoms with E-state index in [0.717, 1.165) is 25.2 Å². The van der Waals surface area contributed by atoms with Gasteiger partial charge < -0.3 is 9.30 Å². The predicted molar refractivity (Wildman–Crippen MR) is 80.5 cm³/mol. The topological polar surface area (TPSA) is 44.1 Å². The fourth-order valence-electron chi connectivity index (χ4n) is 2.99. The maximum Gasteiger partial charge on any atom is 0.337 e. The van der Waals surface area contributed by atoms with Gasteiger partial charge in [-0.3, -0.25) is 0 Å². The highest BCUT2D eigenvalue weighted by atomic mass is 16.5. The van der Waals surface area contributed by atoms with E-state index in [4.69, 9.17) is 9.72 Å². The molecule has 1 aromatic carbocycles. The van der Waals surface area contributed by atoms with E-state index in [2.05, 4.69) is 11.5 Å². The average molecular weight is 284 g/mol. The second-order valence-electron chi connectivity index (χ2n) is 5.53. The summed E-state index contributed by atoms with van der Waals surface area (Å²) in [6.07, 6.45) is 4.72. The largest absolute Gasteiger partial charge is 0.465 e. The molecule has 0 atom stereocenters. The average Bonchev–Trinajstić information content (AvgIpc) is 2.83. The van der Waals surface area contributed by atoms with Gasteiger partial charge in [0.05, 0.1) is 18.4 Å². The Bertz CT molecular complexity index is 656. The quantitative estimate of drug-likeness (QED) is 0.814. The van der Waals surface area contributed by atoms with Crippen LogP contribution in [0.3, 0.4) is 0 Å². The number of aromatic nitrogens is 2. The molecule has 3 rings (SSSR count). The summed E-state index contributed by atoms with van der Waals surface area (Å²) in [6, 6.07) is 7.61. The third kappa shape index (κ3) is 2.71. The second kappa shape index (κ2) is 5.72. The van der Waals surface area contributed by atoms with Crippen LogP contribution in [0.15, 0.2) is 24.3 Å². The molecule has 1 aliphatic rings. The molecule has 0 aliphatic heterocycles. The van der Waals surface area contributed by atoms with Crippen molar-refractivity contribution in [3.8, 4) is 0 Å². The van der Waals surface area contributed by atoms with Crippen LogP contribution in [0.5, 0.6) is 0 Å². The molecule has 0 fully saturated rings. The first kappa shape index (κ1) is 13.9. The zero-order valence-electron chi connectivity index (χ0n) is 12.6. The molecule has 0 saturated heterocycles. The maximum atomic E-state index is 11.4. The number of rotatable bonds is 3. The number of carbonyl (C=O) groups is 1. The third-order valence-electron chi connectivity index (χ3n) is 4.14. The molecule has 4 heteroatoms. The van der Waals surface area contributed by atoms with Crippen molar-refractivity contribution < 1.29 is 9.53 Å². The number of hydrogen-bond acceptors (Lipinski definition) is 3. The molecule has 1 aromatic heterocycles. The van der Waals surface area contributed by atoms with Crippen molar-refractivity contribution in [1.82, 2.24) is 9.55 Å². The summed E-state index contributed by atoms with van der Waals surface area (Å²) in [5.74, 6) is 0.789. The van der Waals surface area contributed by atoms with Crippen LogP contribution < -0.4 is 0 Å². The number of aryl methyl sites for hydroxylation is 2.